The SMILES string of the molecule is CC1(C)[C@H]2CC[C@]1(C)[C@H](OC(=O)c1ccccc1O)C2. The molecule has 0 unspecified atom stereocenters. The van der Waals surface area contributed by atoms with Crippen molar-refractivity contribution < 1.29 is 14.6 Å². The number of rotatable bonds is 2. The number of ether oxygens (including phenoxy) is 1. The molecule has 0 amide bonds. The van der Waals surface area contributed by atoms with Gasteiger partial charge in [-0.15, -0.1) is 0 Å². The van der Waals surface area contributed by atoms with Gasteiger partial charge in [0.15, 0.2) is 0 Å². The number of fused-ring (bicyclic) bond motifs is 2. The standard InChI is InChI=1S/C17H22O3/c1-16(2)11-8-9-17(16,3)14(10-11)20-15(19)12-6-4-5-7-13(12)18/h4-7,11,14,18H,8-10H2,1-3H3/t11-,14+,17+/m0/s1. The van der Waals surface area contributed by atoms with Gasteiger partial charge in [0.25, 0.3) is 0 Å². The minimum absolute atomic E-state index is 0.00919. The highest BCUT2D eigenvalue weighted by molar-refractivity contribution is 5.92. The zero-order chi connectivity index (χ0) is 14.5. The van der Waals surface area contributed by atoms with E-state index in [9.17, 15) is 9.90 Å². The Hall–Kier alpha value is -1.51. The molecule has 1 aromatic rings. The molecule has 3 rings (SSSR count). The molecular formula is C17H22O3. The molecule has 2 aliphatic rings. The number of phenolic OH excluding ortho intramolecular Hbond substituents is 1. The Kier molecular flexibility index (Phi) is 2.86. The van der Waals surface area contributed by atoms with Crippen LogP contribution in [0.5, 0.6) is 5.75 Å². The van der Waals surface area contributed by atoms with Crippen LogP contribution in [-0.2, 0) is 4.74 Å². The van der Waals surface area contributed by atoms with Gasteiger partial charge in [-0.2, -0.15) is 0 Å². The number of para-hydroxylation sites is 1. The molecule has 1 N–H and O–H groups in total. The molecule has 1 aromatic carbocycles. The summed E-state index contributed by atoms with van der Waals surface area (Å²) in [5, 5.41) is 9.75. The highest BCUT2D eigenvalue weighted by Gasteiger charge is 2.62. The lowest BCUT2D eigenvalue weighted by molar-refractivity contribution is -0.0244. The first-order valence-electron chi connectivity index (χ1n) is 7.35. The maximum absolute atomic E-state index is 12.3. The molecule has 0 aliphatic heterocycles. The second-order valence-corrected chi connectivity index (χ2v) is 7.02. The smallest absolute Gasteiger partial charge is 0.342 e. The number of carbonyl (C=O) groups is 1. The number of esters is 1. The third-order valence-corrected chi connectivity index (χ3v) is 6.09. The van der Waals surface area contributed by atoms with E-state index in [4.69, 9.17) is 4.74 Å². The van der Waals surface area contributed by atoms with Crippen LogP contribution in [-0.4, -0.2) is 17.2 Å². The van der Waals surface area contributed by atoms with Gasteiger partial charge in [0.2, 0.25) is 0 Å². The number of aromatic hydroxyl groups is 1. The second kappa shape index (κ2) is 4.24. The maximum Gasteiger partial charge on any atom is 0.342 e. The van der Waals surface area contributed by atoms with Crippen LogP contribution in [0, 0.1) is 16.7 Å². The summed E-state index contributed by atoms with van der Waals surface area (Å²) in [5.74, 6) is 0.220. The first-order valence-corrected chi connectivity index (χ1v) is 7.35. The van der Waals surface area contributed by atoms with Crippen molar-refractivity contribution in [3.05, 3.63) is 29.8 Å². The van der Waals surface area contributed by atoms with Crippen LogP contribution in [0.25, 0.3) is 0 Å². The van der Waals surface area contributed by atoms with Crippen molar-refractivity contribution in [3.63, 3.8) is 0 Å². The van der Waals surface area contributed by atoms with Gasteiger partial charge in [-0.1, -0.05) is 32.9 Å². The Balaban J connectivity index is 1.81. The summed E-state index contributed by atoms with van der Waals surface area (Å²) in [6, 6.07) is 6.57. The normalized spacial score (nSPS) is 34.1. The van der Waals surface area contributed by atoms with E-state index in [2.05, 4.69) is 20.8 Å². The molecule has 0 saturated heterocycles. The maximum atomic E-state index is 12.3. The highest BCUT2D eigenvalue weighted by Crippen LogP contribution is 2.66. The molecule has 0 radical (unpaired) electrons. The fourth-order valence-electron chi connectivity index (χ4n) is 4.15. The van der Waals surface area contributed by atoms with Crippen molar-refractivity contribution in [1.29, 1.82) is 0 Å². The molecular weight excluding hydrogens is 252 g/mol. The summed E-state index contributed by atoms with van der Waals surface area (Å²) >= 11 is 0. The number of hydrogen-bond acceptors (Lipinski definition) is 3. The molecule has 3 atom stereocenters. The molecule has 2 bridgehead atoms. The Labute approximate surface area is 120 Å². The van der Waals surface area contributed by atoms with Gasteiger partial charge >= 0.3 is 5.97 Å². The molecule has 3 heteroatoms. The number of benzene rings is 1. The van der Waals surface area contributed by atoms with Crippen LogP contribution < -0.4 is 0 Å². The molecule has 2 fully saturated rings. The predicted molar refractivity (Wildman–Crippen MR) is 76.5 cm³/mol. The molecule has 0 heterocycles. The van der Waals surface area contributed by atoms with Gasteiger partial charge in [-0.3, -0.25) is 0 Å². The predicted octanol–water partition coefficient (Wildman–Crippen LogP) is 3.76. The molecule has 0 aromatic heterocycles. The lowest BCUT2D eigenvalue weighted by atomic mass is 9.70. The average Bonchev–Trinajstić information content (AvgIpc) is 2.72. The van der Waals surface area contributed by atoms with E-state index in [1.807, 2.05) is 0 Å². The van der Waals surface area contributed by atoms with Crippen molar-refractivity contribution in [2.75, 3.05) is 0 Å². The van der Waals surface area contributed by atoms with Crippen LogP contribution >= 0.6 is 0 Å². The number of phenols is 1. The van der Waals surface area contributed by atoms with Gasteiger partial charge in [-0.25, -0.2) is 4.79 Å². The van der Waals surface area contributed by atoms with Crippen LogP contribution in [0.3, 0.4) is 0 Å². The quantitative estimate of drug-likeness (QED) is 0.835. The van der Waals surface area contributed by atoms with E-state index in [1.165, 1.54) is 12.5 Å². The third kappa shape index (κ3) is 1.68. The average molecular weight is 274 g/mol. The van der Waals surface area contributed by atoms with Gasteiger partial charge in [-0.05, 0) is 42.7 Å². The van der Waals surface area contributed by atoms with E-state index in [1.54, 1.807) is 18.2 Å². The molecule has 20 heavy (non-hydrogen) atoms. The Morgan fingerprint density at radius 2 is 2.00 bits per heavy atom. The zero-order valence-electron chi connectivity index (χ0n) is 12.3. The summed E-state index contributed by atoms with van der Waals surface area (Å²) < 4.78 is 5.75. The van der Waals surface area contributed by atoms with Crippen molar-refractivity contribution in [1.82, 2.24) is 0 Å². The van der Waals surface area contributed by atoms with Crippen molar-refractivity contribution in [2.24, 2.45) is 16.7 Å². The van der Waals surface area contributed by atoms with E-state index < -0.39 is 5.97 Å². The molecule has 3 nitrogen and oxygen atoms in total. The number of carbonyl (C=O) groups excluding carboxylic acids is 1. The lowest BCUT2D eigenvalue weighted by Gasteiger charge is -2.38. The van der Waals surface area contributed by atoms with Gasteiger partial charge in [0.1, 0.15) is 17.4 Å². The van der Waals surface area contributed by atoms with E-state index in [0.29, 0.717) is 5.92 Å². The second-order valence-electron chi connectivity index (χ2n) is 7.02. The zero-order valence-corrected chi connectivity index (χ0v) is 12.3. The van der Waals surface area contributed by atoms with Crippen LogP contribution in [0.2, 0.25) is 0 Å². The van der Waals surface area contributed by atoms with Gasteiger partial charge < -0.3 is 9.84 Å². The Bertz CT molecular complexity index is 549. The lowest BCUT2D eigenvalue weighted by Crippen LogP contribution is -2.38. The third-order valence-electron chi connectivity index (χ3n) is 6.09. The Morgan fingerprint density at radius 1 is 1.30 bits per heavy atom. The van der Waals surface area contributed by atoms with Gasteiger partial charge in [0, 0.05) is 5.41 Å². The summed E-state index contributed by atoms with van der Waals surface area (Å²) in [7, 11) is 0. The van der Waals surface area contributed by atoms with Crippen LogP contribution in [0.4, 0.5) is 0 Å². The van der Waals surface area contributed by atoms with Crippen molar-refractivity contribution >= 4 is 5.97 Å². The van der Waals surface area contributed by atoms with Crippen molar-refractivity contribution in [2.45, 2.75) is 46.1 Å². The highest BCUT2D eigenvalue weighted by atomic mass is 16.5. The summed E-state index contributed by atoms with van der Waals surface area (Å²) in [5.41, 5.74) is 0.533. The molecule has 2 aliphatic carbocycles. The minimum Gasteiger partial charge on any atom is -0.507 e. The number of hydrogen-bond donors (Lipinski definition) is 1. The van der Waals surface area contributed by atoms with Crippen LogP contribution in [0.15, 0.2) is 24.3 Å². The van der Waals surface area contributed by atoms with Crippen molar-refractivity contribution in [3.8, 4) is 5.75 Å². The van der Waals surface area contributed by atoms with Gasteiger partial charge in [0.05, 0.1) is 0 Å². The largest absolute Gasteiger partial charge is 0.507 e. The summed E-state index contributed by atoms with van der Waals surface area (Å²) in [4.78, 5) is 12.3. The van der Waals surface area contributed by atoms with E-state index >= 15 is 0 Å². The first-order chi connectivity index (χ1) is 9.36. The summed E-state index contributed by atoms with van der Waals surface area (Å²) in [6.07, 6.45) is 3.25. The molecule has 0 spiro atoms. The first kappa shape index (κ1) is 13.5. The topological polar surface area (TPSA) is 46.5 Å². The van der Waals surface area contributed by atoms with Crippen LogP contribution in [0.1, 0.15) is 50.4 Å². The Morgan fingerprint density at radius 3 is 2.55 bits per heavy atom. The fourth-order valence-corrected chi connectivity index (χ4v) is 4.15. The molecule has 108 valence electrons. The van der Waals surface area contributed by atoms with E-state index in [-0.39, 0.29) is 28.2 Å². The van der Waals surface area contributed by atoms with E-state index in [0.717, 1.165) is 12.8 Å². The fraction of sp³-hybridized carbons (Fsp3) is 0.588. The minimum atomic E-state index is -0.405. The monoisotopic (exact) mass is 274 g/mol. The summed E-state index contributed by atoms with van der Waals surface area (Å²) in [6.45, 7) is 6.82. The molecule has 2 saturated carbocycles.